The van der Waals surface area contributed by atoms with E-state index in [-0.39, 0.29) is 12.3 Å². The topological polar surface area (TPSA) is 104 Å². The van der Waals surface area contributed by atoms with E-state index in [2.05, 4.69) is 16.7 Å². The van der Waals surface area contributed by atoms with Crippen molar-refractivity contribution in [2.45, 2.75) is 0 Å². The van der Waals surface area contributed by atoms with Crippen molar-refractivity contribution >= 4 is 28.1 Å². The molecule has 0 atom stereocenters. The van der Waals surface area contributed by atoms with Crippen LogP contribution < -0.4 is 11.5 Å². The predicted molar refractivity (Wildman–Crippen MR) is 58.4 cm³/mol. The summed E-state index contributed by atoms with van der Waals surface area (Å²) in [4.78, 5) is 19.6. The van der Waals surface area contributed by atoms with Crippen LogP contribution in [0.25, 0.3) is 0 Å². The monoisotopic (exact) mass is 226 g/mol. The lowest BCUT2D eigenvalue weighted by atomic mass is 10.3. The van der Waals surface area contributed by atoms with E-state index in [1.807, 2.05) is 0 Å². The quantitative estimate of drug-likeness (QED) is 0.322. The summed E-state index contributed by atoms with van der Waals surface area (Å²) < 4.78 is 0. The fourth-order valence-corrected chi connectivity index (χ4v) is 1.32. The molecule has 0 spiro atoms. The van der Waals surface area contributed by atoms with E-state index in [4.69, 9.17) is 16.3 Å². The van der Waals surface area contributed by atoms with Gasteiger partial charge in [0.05, 0.1) is 0 Å². The minimum atomic E-state index is -0.718. The molecule has 0 unspecified atom stereocenters. The molecule has 0 bridgehead atoms. The Morgan fingerprint density at radius 1 is 1.80 bits per heavy atom. The molecule has 1 rings (SSSR count). The van der Waals surface area contributed by atoms with Gasteiger partial charge in [0.2, 0.25) is 0 Å². The first-order valence-corrected chi connectivity index (χ1v) is 4.85. The smallest absolute Gasteiger partial charge is 0.273 e. The first kappa shape index (κ1) is 11.2. The van der Waals surface area contributed by atoms with E-state index < -0.39 is 5.91 Å². The number of carbonyl (C=O) groups excluding carboxylic acids is 1. The number of rotatable bonds is 5. The Morgan fingerprint density at radius 2 is 2.53 bits per heavy atom. The number of primary amides is 1. The molecular formula is C8H10N4O2S. The minimum absolute atomic E-state index is 0.0511. The Hall–Kier alpha value is -1.89. The highest BCUT2D eigenvalue weighted by Gasteiger charge is 2.14. The predicted octanol–water partition coefficient (Wildman–Crippen LogP) is 0.117. The molecule has 0 aliphatic rings. The molecular weight excluding hydrogens is 216 g/mol. The lowest BCUT2D eigenvalue weighted by Gasteiger charge is -1.97. The maximum absolute atomic E-state index is 11.0. The van der Waals surface area contributed by atoms with Gasteiger partial charge >= 0.3 is 0 Å². The summed E-state index contributed by atoms with van der Waals surface area (Å²) in [6, 6.07) is 0. The minimum Gasteiger partial charge on any atom is -0.391 e. The summed E-state index contributed by atoms with van der Waals surface area (Å²) in [6.07, 6.45) is 1.50. The number of oxime groups is 1. The van der Waals surface area contributed by atoms with Crippen molar-refractivity contribution < 1.29 is 9.63 Å². The molecule has 0 aromatic carbocycles. The second-order valence-electron chi connectivity index (χ2n) is 2.46. The van der Waals surface area contributed by atoms with Gasteiger partial charge in [-0.15, -0.1) is 11.3 Å². The van der Waals surface area contributed by atoms with Crippen molar-refractivity contribution in [2.24, 2.45) is 10.9 Å². The van der Waals surface area contributed by atoms with Crippen LogP contribution >= 0.6 is 11.3 Å². The van der Waals surface area contributed by atoms with E-state index >= 15 is 0 Å². The number of amides is 1. The normalized spacial score (nSPS) is 11.1. The lowest BCUT2D eigenvalue weighted by Crippen LogP contribution is -2.25. The Bertz CT molecular complexity index is 399. The number of aromatic nitrogens is 1. The van der Waals surface area contributed by atoms with E-state index in [0.717, 1.165) is 0 Å². The Balaban J connectivity index is 2.87. The van der Waals surface area contributed by atoms with Gasteiger partial charge < -0.3 is 16.3 Å². The summed E-state index contributed by atoms with van der Waals surface area (Å²) in [6.45, 7) is 3.63. The Labute approximate surface area is 90.2 Å². The first-order valence-electron chi connectivity index (χ1n) is 3.97. The molecule has 4 N–H and O–H groups in total. The SMILES string of the molecule is C=CCON=C(C(N)=O)c1csc(N)n1. The summed E-state index contributed by atoms with van der Waals surface area (Å²) >= 11 is 1.19. The Kier molecular flexibility index (Phi) is 3.81. The van der Waals surface area contributed by atoms with Crippen LogP contribution in [0.1, 0.15) is 5.69 Å². The van der Waals surface area contributed by atoms with Gasteiger partial charge in [0.1, 0.15) is 12.3 Å². The highest BCUT2D eigenvalue weighted by atomic mass is 32.1. The summed E-state index contributed by atoms with van der Waals surface area (Å²) in [5, 5.41) is 5.47. The molecule has 80 valence electrons. The van der Waals surface area contributed by atoms with Crippen LogP contribution in [0.2, 0.25) is 0 Å². The van der Waals surface area contributed by atoms with Crippen molar-refractivity contribution in [1.82, 2.24) is 4.98 Å². The van der Waals surface area contributed by atoms with Crippen LogP contribution in [0.5, 0.6) is 0 Å². The molecule has 6 nitrogen and oxygen atoms in total. The fraction of sp³-hybridized carbons (Fsp3) is 0.125. The van der Waals surface area contributed by atoms with Gasteiger partial charge in [0.25, 0.3) is 5.91 Å². The molecule has 0 fully saturated rings. The summed E-state index contributed by atoms with van der Waals surface area (Å²) in [7, 11) is 0. The third kappa shape index (κ3) is 3.06. The third-order valence-corrected chi connectivity index (χ3v) is 2.02. The van der Waals surface area contributed by atoms with Gasteiger partial charge in [-0.1, -0.05) is 17.8 Å². The van der Waals surface area contributed by atoms with E-state index in [9.17, 15) is 4.79 Å². The highest BCUT2D eigenvalue weighted by molar-refractivity contribution is 7.13. The molecule has 0 aliphatic heterocycles. The van der Waals surface area contributed by atoms with Crippen LogP contribution in [-0.2, 0) is 9.63 Å². The standard InChI is InChI=1S/C8H10N4O2S/c1-2-3-14-12-6(7(9)13)5-4-15-8(10)11-5/h2,4H,1,3H2,(H2,9,13)(H2,10,11). The van der Waals surface area contributed by atoms with Gasteiger partial charge in [-0.05, 0) is 0 Å². The number of nitrogens with zero attached hydrogens (tertiary/aromatic N) is 2. The number of nitrogens with two attached hydrogens (primary N) is 2. The molecule has 15 heavy (non-hydrogen) atoms. The number of hydrogen-bond donors (Lipinski definition) is 2. The van der Waals surface area contributed by atoms with Gasteiger partial charge in [0, 0.05) is 5.38 Å². The molecule has 1 amide bonds. The van der Waals surface area contributed by atoms with Crippen molar-refractivity contribution in [3.63, 3.8) is 0 Å². The number of nitrogen functional groups attached to an aromatic ring is 1. The van der Waals surface area contributed by atoms with Gasteiger partial charge in [-0.3, -0.25) is 4.79 Å². The average Bonchev–Trinajstić information content (AvgIpc) is 2.59. The van der Waals surface area contributed by atoms with Crippen LogP contribution in [0.3, 0.4) is 0 Å². The molecule has 0 saturated carbocycles. The molecule has 1 aromatic rings. The van der Waals surface area contributed by atoms with E-state index in [1.54, 1.807) is 5.38 Å². The van der Waals surface area contributed by atoms with Crippen molar-refractivity contribution in [3.8, 4) is 0 Å². The maximum atomic E-state index is 11.0. The zero-order valence-corrected chi connectivity index (χ0v) is 8.66. The highest BCUT2D eigenvalue weighted by Crippen LogP contribution is 2.11. The molecule has 7 heteroatoms. The average molecular weight is 226 g/mol. The van der Waals surface area contributed by atoms with Crippen LogP contribution in [0.15, 0.2) is 23.2 Å². The zero-order chi connectivity index (χ0) is 11.3. The van der Waals surface area contributed by atoms with E-state index in [1.165, 1.54) is 17.4 Å². The van der Waals surface area contributed by atoms with Crippen LogP contribution in [0, 0.1) is 0 Å². The molecule has 0 radical (unpaired) electrons. The third-order valence-electron chi connectivity index (χ3n) is 1.35. The number of anilines is 1. The van der Waals surface area contributed by atoms with Crippen molar-refractivity contribution in [1.29, 1.82) is 0 Å². The lowest BCUT2D eigenvalue weighted by molar-refractivity contribution is -0.112. The molecule has 1 heterocycles. The first-order chi connectivity index (χ1) is 7.15. The summed E-state index contributed by atoms with van der Waals surface area (Å²) in [5.74, 6) is -0.718. The largest absolute Gasteiger partial charge is 0.391 e. The van der Waals surface area contributed by atoms with Crippen molar-refractivity contribution in [3.05, 3.63) is 23.7 Å². The molecule has 0 saturated heterocycles. The van der Waals surface area contributed by atoms with Crippen LogP contribution in [0.4, 0.5) is 5.13 Å². The Morgan fingerprint density at radius 3 is 3.00 bits per heavy atom. The number of thiazole rings is 1. The zero-order valence-electron chi connectivity index (χ0n) is 7.84. The van der Waals surface area contributed by atoms with Gasteiger partial charge in [-0.2, -0.15) is 0 Å². The second kappa shape index (κ2) is 5.11. The molecule has 1 aromatic heterocycles. The van der Waals surface area contributed by atoms with Gasteiger partial charge in [0.15, 0.2) is 10.8 Å². The molecule has 0 aliphatic carbocycles. The number of carbonyl (C=O) groups is 1. The van der Waals surface area contributed by atoms with Crippen molar-refractivity contribution in [2.75, 3.05) is 12.3 Å². The summed E-state index contributed by atoms with van der Waals surface area (Å²) in [5.41, 5.74) is 10.8. The van der Waals surface area contributed by atoms with Gasteiger partial charge in [-0.25, -0.2) is 4.98 Å². The number of hydrogen-bond acceptors (Lipinski definition) is 6. The maximum Gasteiger partial charge on any atom is 0.273 e. The van der Waals surface area contributed by atoms with Crippen LogP contribution in [-0.4, -0.2) is 23.2 Å². The second-order valence-corrected chi connectivity index (χ2v) is 3.35. The van der Waals surface area contributed by atoms with E-state index in [0.29, 0.717) is 10.8 Å². The fourth-order valence-electron chi connectivity index (χ4n) is 0.769.